The lowest BCUT2D eigenvalue weighted by molar-refractivity contribution is -0.127. The summed E-state index contributed by atoms with van der Waals surface area (Å²) in [7, 11) is 4.68. The molecule has 1 atom stereocenters. The molecule has 1 aliphatic rings. The van der Waals surface area contributed by atoms with E-state index in [4.69, 9.17) is 14.2 Å². The Morgan fingerprint density at radius 3 is 2.37 bits per heavy atom. The fourth-order valence-electron chi connectivity index (χ4n) is 5.39. The zero-order chi connectivity index (χ0) is 28.8. The van der Waals surface area contributed by atoms with Crippen molar-refractivity contribution >= 4 is 28.5 Å². The van der Waals surface area contributed by atoms with Crippen LogP contribution in [-0.2, 0) is 16.1 Å². The van der Waals surface area contributed by atoms with Gasteiger partial charge in [-0.3, -0.25) is 14.5 Å². The summed E-state index contributed by atoms with van der Waals surface area (Å²) < 4.78 is 17.9. The molecule has 0 radical (unpaired) electrons. The van der Waals surface area contributed by atoms with E-state index < -0.39 is 6.04 Å². The predicted molar refractivity (Wildman–Crippen MR) is 155 cm³/mol. The van der Waals surface area contributed by atoms with Gasteiger partial charge in [0, 0.05) is 11.7 Å². The number of methoxy groups -OCH3 is 3. The summed E-state index contributed by atoms with van der Waals surface area (Å²) in [6.45, 7) is -0.118. The lowest BCUT2D eigenvalue weighted by Gasteiger charge is -2.33. The zero-order valence-electron chi connectivity index (χ0n) is 23.6. The number of ether oxygens (including phenoxy) is 3. The number of carbonyl (C=O) groups excluding carboxylic acids is 2. The van der Waals surface area contributed by atoms with E-state index in [1.165, 1.54) is 4.90 Å². The van der Waals surface area contributed by atoms with Crippen molar-refractivity contribution in [2.24, 2.45) is 0 Å². The van der Waals surface area contributed by atoms with Gasteiger partial charge in [0.1, 0.15) is 23.9 Å². The molecule has 1 aromatic heterocycles. The molecule has 1 fully saturated rings. The highest BCUT2D eigenvalue weighted by Crippen LogP contribution is 2.35. The summed E-state index contributed by atoms with van der Waals surface area (Å²) >= 11 is 0. The molecular formula is C31H35N5O5. The number of aromatic nitrogens is 3. The van der Waals surface area contributed by atoms with E-state index in [2.05, 4.69) is 15.6 Å². The van der Waals surface area contributed by atoms with E-state index in [-0.39, 0.29) is 24.4 Å². The first-order valence-corrected chi connectivity index (χ1v) is 13.8. The highest BCUT2D eigenvalue weighted by atomic mass is 16.5. The first-order valence-electron chi connectivity index (χ1n) is 13.8. The fraction of sp³-hybridized carbons (Fsp3) is 0.355. The number of nitrogens with one attached hydrogen (secondary N) is 1. The molecule has 1 saturated carbocycles. The number of carbonyl (C=O) groups is 2. The van der Waals surface area contributed by atoms with Crippen LogP contribution in [0.5, 0.6) is 17.2 Å². The van der Waals surface area contributed by atoms with E-state index in [1.54, 1.807) is 68.5 Å². The number of hydrogen-bond acceptors (Lipinski definition) is 7. The number of benzene rings is 3. The summed E-state index contributed by atoms with van der Waals surface area (Å²) in [5.74, 6) is 1.03. The third-order valence-corrected chi connectivity index (χ3v) is 7.51. The maximum atomic E-state index is 14.3. The largest absolute Gasteiger partial charge is 0.497 e. The number of hydrogen-bond donors (Lipinski definition) is 1. The maximum Gasteiger partial charge on any atom is 0.249 e. The molecule has 0 unspecified atom stereocenters. The second-order valence-corrected chi connectivity index (χ2v) is 10.1. The number of nitrogens with zero attached hydrogens (tertiary/aromatic N) is 4. The van der Waals surface area contributed by atoms with Crippen LogP contribution in [-0.4, -0.2) is 54.2 Å². The highest BCUT2D eigenvalue weighted by Gasteiger charge is 2.35. The van der Waals surface area contributed by atoms with Crippen molar-refractivity contribution < 1.29 is 23.8 Å². The summed E-state index contributed by atoms with van der Waals surface area (Å²) in [6, 6.07) is 18.9. The van der Waals surface area contributed by atoms with Gasteiger partial charge in [-0.2, -0.15) is 0 Å². The van der Waals surface area contributed by atoms with Crippen LogP contribution < -0.4 is 24.4 Å². The second-order valence-electron chi connectivity index (χ2n) is 10.1. The number of rotatable bonds is 10. The van der Waals surface area contributed by atoms with Crippen molar-refractivity contribution in [1.29, 1.82) is 0 Å². The van der Waals surface area contributed by atoms with Crippen LogP contribution in [0.2, 0.25) is 0 Å². The first-order chi connectivity index (χ1) is 20.0. The lowest BCUT2D eigenvalue weighted by atomic mass is 9.94. The molecule has 0 aliphatic heterocycles. The molecule has 2 amide bonds. The average Bonchev–Trinajstić information content (AvgIpc) is 3.42. The van der Waals surface area contributed by atoms with Crippen molar-refractivity contribution in [2.75, 3.05) is 26.2 Å². The molecular weight excluding hydrogens is 522 g/mol. The minimum atomic E-state index is -0.993. The maximum absolute atomic E-state index is 14.3. The highest BCUT2D eigenvalue weighted by molar-refractivity contribution is 6.01. The van der Waals surface area contributed by atoms with Gasteiger partial charge in [0.05, 0.1) is 26.8 Å². The molecule has 1 N–H and O–H groups in total. The molecule has 10 nitrogen and oxygen atoms in total. The monoisotopic (exact) mass is 557 g/mol. The van der Waals surface area contributed by atoms with Crippen molar-refractivity contribution in [2.45, 2.75) is 50.7 Å². The molecule has 0 saturated heterocycles. The third-order valence-electron chi connectivity index (χ3n) is 7.51. The molecule has 1 aliphatic carbocycles. The Morgan fingerprint density at radius 2 is 1.66 bits per heavy atom. The second kappa shape index (κ2) is 12.7. The summed E-state index contributed by atoms with van der Waals surface area (Å²) in [5.41, 5.74) is 2.54. The van der Waals surface area contributed by atoms with Gasteiger partial charge in [0.25, 0.3) is 0 Å². The predicted octanol–water partition coefficient (Wildman–Crippen LogP) is 4.68. The van der Waals surface area contributed by atoms with Gasteiger partial charge >= 0.3 is 0 Å². The number of para-hydroxylation sites is 1. The van der Waals surface area contributed by atoms with E-state index >= 15 is 0 Å². The topological polar surface area (TPSA) is 108 Å². The molecule has 10 heteroatoms. The Bertz CT molecular complexity index is 1500. The molecule has 0 spiro atoms. The fourth-order valence-corrected chi connectivity index (χ4v) is 5.39. The Hall–Kier alpha value is -4.60. The zero-order valence-corrected chi connectivity index (χ0v) is 23.6. The van der Waals surface area contributed by atoms with Crippen molar-refractivity contribution in [1.82, 2.24) is 20.3 Å². The van der Waals surface area contributed by atoms with Crippen molar-refractivity contribution in [3.63, 3.8) is 0 Å². The van der Waals surface area contributed by atoms with Gasteiger partial charge < -0.3 is 19.5 Å². The Kier molecular flexibility index (Phi) is 8.67. The van der Waals surface area contributed by atoms with Crippen LogP contribution in [0.3, 0.4) is 0 Å². The SMILES string of the molecule is COc1ccc(N(C(=O)Cn2nnc3ccccc32)[C@@H](C(=O)NC2CCCCC2)c2ccc(OC)c(OC)c2)cc1. The average molecular weight is 558 g/mol. The van der Waals surface area contributed by atoms with Crippen molar-refractivity contribution in [3.8, 4) is 17.2 Å². The van der Waals surface area contributed by atoms with Gasteiger partial charge in [-0.25, -0.2) is 4.68 Å². The lowest BCUT2D eigenvalue weighted by Crippen LogP contribution is -2.48. The van der Waals surface area contributed by atoms with Crippen LogP contribution in [0.15, 0.2) is 66.7 Å². The van der Waals surface area contributed by atoms with Crippen LogP contribution in [0.1, 0.15) is 43.7 Å². The number of amides is 2. The van der Waals surface area contributed by atoms with Crippen LogP contribution in [0.4, 0.5) is 5.69 Å². The molecule has 214 valence electrons. The van der Waals surface area contributed by atoms with Gasteiger partial charge in [-0.1, -0.05) is 42.7 Å². The summed E-state index contributed by atoms with van der Waals surface area (Å²) in [4.78, 5) is 30.0. The quantitative estimate of drug-likeness (QED) is 0.302. The van der Waals surface area contributed by atoms with Gasteiger partial charge in [-0.15, -0.1) is 5.10 Å². The van der Waals surface area contributed by atoms with Crippen LogP contribution in [0.25, 0.3) is 11.0 Å². The van der Waals surface area contributed by atoms with E-state index in [9.17, 15) is 9.59 Å². The van der Waals surface area contributed by atoms with E-state index in [0.717, 1.165) is 37.6 Å². The normalized spacial score (nSPS) is 14.3. The van der Waals surface area contributed by atoms with Gasteiger partial charge in [0.2, 0.25) is 11.8 Å². The summed E-state index contributed by atoms with van der Waals surface area (Å²) in [5, 5.41) is 11.7. The standard InChI is InChI=1S/C31H35N5O5/c1-39-24-16-14-23(15-17-24)36(29(37)20-35-26-12-8-7-11-25(26)33-34-35)30(31(38)32-22-9-5-4-6-10-22)21-13-18-27(40-2)28(19-21)41-3/h7-8,11-19,22,30H,4-6,9-10,20H2,1-3H3,(H,32,38)/t30-/m1/s1. The minimum Gasteiger partial charge on any atom is -0.497 e. The first kappa shape index (κ1) is 27.9. The number of anilines is 1. The molecule has 1 heterocycles. The number of fused-ring (bicyclic) bond motifs is 1. The van der Waals surface area contributed by atoms with Crippen LogP contribution >= 0.6 is 0 Å². The third kappa shape index (κ3) is 6.11. The molecule has 41 heavy (non-hydrogen) atoms. The molecule has 5 rings (SSSR count). The molecule has 0 bridgehead atoms. The van der Waals surface area contributed by atoms with Gasteiger partial charge in [0.15, 0.2) is 11.5 Å². The Labute approximate surface area is 239 Å². The summed E-state index contributed by atoms with van der Waals surface area (Å²) in [6.07, 6.45) is 5.10. The van der Waals surface area contributed by atoms with E-state index in [1.807, 2.05) is 24.3 Å². The molecule has 4 aromatic rings. The van der Waals surface area contributed by atoms with Crippen molar-refractivity contribution in [3.05, 3.63) is 72.3 Å². The van der Waals surface area contributed by atoms with Gasteiger partial charge in [-0.05, 0) is 66.9 Å². The minimum absolute atomic E-state index is 0.0472. The smallest absolute Gasteiger partial charge is 0.249 e. The van der Waals surface area contributed by atoms with Crippen LogP contribution in [0, 0.1) is 0 Å². The Morgan fingerprint density at radius 1 is 0.927 bits per heavy atom. The molecule has 3 aromatic carbocycles. The van der Waals surface area contributed by atoms with E-state index in [0.29, 0.717) is 34.0 Å². The Balaban J connectivity index is 1.60.